The van der Waals surface area contributed by atoms with Crippen LogP contribution in [0.2, 0.25) is 0 Å². The molecule has 2 bridgehead atoms. The van der Waals surface area contributed by atoms with Crippen LogP contribution in [0.4, 0.5) is 0 Å². The van der Waals surface area contributed by atoms with Gasteiger partial charge in [0, 0.05) is 6.92 Å². The SMILES string of the molecule is CC(=O)OC1(C)CCC2C3CC(CC3O)C2C1. The second-order valence-electron chi connectivity index (χ2n) is 6.58. The minimum Gasteiger partial charge on any atom is -0.460 e. The molecular formula is C14H22O3. The van der Waals surface area contributed by atoms with Crippen molar-refractivity contribution in [3.05, 3.63) is 0 Å². The summed E-state index contributed by atoms with van der Waals surface area (Å²) in [5, 5.41) is 9.95. The lowest BCUT2D eigenvalue weighted by molar-refractivity contribution is -0.163. The zero-order valence-corrected chi connectivity index (χ0v) is 10.7. The third-order valence-corrected chi connectivity index (χ3v) is 5.38. The number of fused-ring (bicyclic) bond motifs is 5. The van der Waals surface area contributed by atoms with Gasteiger partial charge in [-0.25, -0.2) is 0 Å². The van der Waals surface area contributed by atoms with Gasteiger partial charge in [0.15, 0.2) is 0 Å². The van der Waals surface area contributed by atoms with E-state index < -0.39 is 0 Å². The molecule has 6 unspecified atom stereocenters. The van der Waals surface area contributed by atoms with Crippen molar-refractivity contribution >= 4 is 5.97 Å². The van der Waals surface area contributed by atoms with Gasteiger partial charge in [0.1, 0.15) is 5.60 Å². The highest BCUT2D eigenvalue weighted by Crippen LogP contribution is 2.59. The summed E-state index contributed by atoms with van der Waals surface area (Å²) < 4.78 is 5.52. The van der Waals surface area contributed by atoms with E-state index in [2.05, 4.69) is 6.92 Å². The lowest BCUT2D eigenvalue weighted by atomic mass is 9.65. The van der Waals surface area contributed by atoms with Gasteiger partial charge in [0.2, 0.25) is 0 Å². The number of esters is 1. The normalized spacial score (nSPS) is 52.3. The summed E-state index contributed by atoms with van der Waals surface area (Å²) >= 11 is 0. The number of aliphatic hydroxyl groups is 1. The Bertz CT molecular complexity index is 340. The van der Waals surface area contributed by atoms with Crippen molar-refractivity contribution in [3.63, 3.8) is 0 Å². The number of hydrogen-bond acceptors (Lipinski definition) is 3. The van der Waals surface area contributed by atoms with Crippen molar-refractivity contribution in [2.24, 2.45) is 23.7 Å². The van der Waals surface area contributed by atoms with Crippen LogP contribution in [0.15, 0.2) is 0 Å². The van der Waals surface area contributed by atoms with Gasteiger partial charge in [-0.2, -0.15) is 0 Å². The standard InChI is InChI=1S/C14H22O3/c1-8(15)17-14(2)4-3-10-11-5-9(6-13(11)16)12(10)7-14/h9-13,16H,3-7H2,1-2H3. The average molecular weight is 238 g/mol. The predicted molar refractivity (Wildman–Crippen MR) is 63.2 cm³/mol. The molecular weight excluding hydrogens is 216 g/mol. The van der Waals surface area contributed by atoms with E-state index >= 15 is 0 Å². The second-order valence-corrected chi connectivity index (χ2v) is 6.58. The Hall–Kier alpha value is -0.570. The van der Waals surface area contributed by atoms with Gasteiger partial charge in [0.05, 0.1) is 6.10 Å². The first kappa shape index (κ1) is 11.5. The van der Waals surface area contributed by atoms with Gasteiger partial charge >= 0.3 is 5.97 Å². The Kier molecular flexibility index (Phi) is 2.51. The molecule has 0 saturated heterocycles. The summed E-state index contributed by atoms with van der Waals surface area (Å²) in [4.78, 5) is 11.2. The number of ether oxygens (including phenoxy) is 1. The summed E-state index contributed by atoms with van der Waals surface area (Å²) in [7, 11) is 0. The van der Waals surface area contributed by atoms with Gasteiger partial charge < -0.3 is 9.84 Å². The Balaban J connectivity index is 1.73. The van der Waals surface area contributed by atoms with Crippen molar-refractivity contribution in [2.45, 2.75) is 57.7 Å². The molecule has 0 aromatic carbocycles. The van der Waals surface area contributed by atoms with Crippen molar-refractivity contribution < 1.29 is 14.6 Å². The number of carbonyl (C=O) groups excluding carboxylic acids is 1. The third kappa shape index (κ3) is 1.79. The maximum atomic E-state index is 11.2. The fourth-order valence-corrected chi connectivity index (χ4v) is 4.82. The van der Waals surface area contributed by atoms with Gasteiger partial charge in [-0.15, -0.1) is 0 Å². The highest BCUT2D eigenvalue weighted by molar-refractivity contribution is 5.66. The first-order valence-electron chi connectivity index (χ1n) is 6.86. The van der Waals surface area contributed by atoms with Crippen LogP contribution in [0, 0.1) is 23.7 Å². The Labute approximate surface area is 103 Å². The highest BCUT2D eigenvalue weighted by atomic mass is 16.6. The van der Waals surface area contributed by atoms with Crippen molar-refractivity contribution in [2.75, 3.05) is 0 Å². The maximum absolute atomic E-state index is 11.2. The fourth-order valence-electron chi connectivity index (χ4n) is 4.82. The van der Waals surface area contributed by atoms with Crippen LogP contribution in [-0.4, -0.2) is 22.8 Å². The van der Waals surface area contributed by atoms with Crippen LogP contribution in [0.3, 0.4) is 0 Å². The quantitative estimate of drug-likeness (QED) is 0.712. The zero-order valence-electron chi connectivity index (χ0n) is 10.7. The highest BCUT2D eigenvalue weighted by Gasteiger charge is 2.56. The first-order chi connectivity index (χ1) is 7.98. The van der Waals surface area contributed by atoms with E-state index in [0.29, 0.717) is 23.7 Å². The molecule has 0 aliphatic heterocycles. The molecule has 3 saturated carbocycles. The molecule has 3 aliphatic carbocycles. The molecule has 0 spiro atoms. The van der Waals surface area contributed by atoms with Crippen molar-refractivity contribution in [3.8, 4) is 0 Å². The molecule has 3 heteroatoms. The molecule has 6 atom stereocenters. The summed E-state index contributed by atoms with van der Waals surface area (Å²) in [6.45, 7) is 3.58. The van der Waals surface area contributed by atoms with E-state index in [1.54, 1.807) is 0 Å². The van der Waals surface area contributed by atoms with Gasteiger partial charge in [-0.05, 0) is 62.7 Å². The van der Waals surface area contributed by atoms with E-state index in [-0.39, 0.29) is 17.7 Å². The van der Waals surface area contributed by atoms with Gasteiger partial charge in [-0.1, -0.05) is 0 Å². The van der Waals surface area contributed by atoms with E-state index in [0.717, 1.165) is 25.7 Å². The van der Waals surface area contributed by atoms with E-state index in [1.807, 2.05) is 0 Å². The van der Waals surface area contributed by atoms with E-state index in [1.165, 1.54) is 13.3 Å². The molecule has 3 aliphatic rings. The molecule has 17 heavy (non-hydrogen) atoms. The average Bonchev–Trinajstić information content (AvgIpc) is 2.72. The summed E-state index contributed by atoms with van der Waals surface area (Å²) in [6.07, 6.45) is 5.20. The van der Waals surface area contributed by atoms with Crippen molar-refractivity contribution in [1.29, 1.82) is 0 Å². The Morgan fingerprint density at radius 3 is 2.76 bits per heavy atom. The lowest BCUT2D eigenvalue weighted by Crippen LogP contribution is -2.44. The summed E-state index contributed by atoms with van der Waals surface area (Å²) in [6, 6.07) is 0. The van der Waals surface area contributed by atoms with Crippen LogP contribution < -0.4 is 0 Å². The summed E-state index contributed by atoms with van der Waals surface area (Å²) in [5.74, 6) is 2.42. The topological polar surface area (TPSA) is 46.5 Å². The van der Waals surface area contributed by atoms with Gasteiger partial charge in [0.25, 0.3) is 0 Å². The Morgan fingerprint density at radius 2 is 2.06 bits per heavy atom. The minimum atomic E-state index is -0.248. The lowest BCUT2D eigenvalue weighted by Gasteiger charge is -2.45. The zero-order chi connectivity index (χ0) is 12.2. The van der Waals surface area contributed by atoms with Crippen molar-refractivity contribution in [1.82, 2.24) is 0 Å². The number of hydrogen-bond donors (Lipinski definition) is 1. The van der Waals surface area contributed by atoms with Crippen LogP contribution in [0.25, 0.3) is 0 Å². The molecule has 1 N–H and O–H groups in total. The molecule has 0 heterocycles. The largest absolute Gasteiger partial charge is 0.460 e. The second kappa shape index (κ2) is 3.71. The Morgan fingerprint density at radius 1 is 1.29 bits per heavy atom. The van der Waals surface area contributed by atoms with E-state index in [4.69, 9.17) is 4.74 Å². The van der Waals surface area contributed by atoms with E-state index in [9.17, 15) is 9.90 Å². The van der Waals surface area contributed by atoms with Crippen LogP contribution in [0.1, 0.15) is 46.0 Å². The molecule has 3 rings (SSSR count). The monoisotopic (exact) mass is 238 g/mol. The fraction of sp³-hybridized carbons (Fsp3) is 0.929. The molecule has 3 fully saturated rings. The molecule has 3 nitrogen and oxygen atoms in total. The minimum absolute atomic E-state index is 0.0562. The predicted octanol–water partition coefficient (Wildman–Crippen LogP) is 2.13. The van der Waals surface area contributed by atoms with Crippen LogP contribution >= 0.6 is 0 Å². The number of carbonyl (C=O) groups is 1. The smallest absolute Gasteiger partial charge is 0.303 e. The van der Waals surface area contributed by atoms with Gasteiger partial charge in [-0.3, -0.25) is 4.79 Å². The van der Waals surface area contributed by atoms with Crippen LogP contribution in [-0.2, 0) is 9.53 Å². The van der Waals surface area contributed by atoms with Crippen LogP contribution in [0.5, 0.6) is 0 Å². The molecule has 96 valence electrons. The first-order valence-corrected chi connectivity index (χ1v) is 6.86. The maximum Gasteiger partial charge on any atom is 0.303 e. The molecule has 0 radical (unpaired) electrons. The molecule has 0 aromatic rings. The summed E-state index contributed by atoms with van der Waals surface area (Å²) in [5.41, 5.74) is -0.248. The number of rotatable bonds is 1. The number of aliphatic hydroxyl groups excluding tert-OH is 1. The third-order valence-electron chi connectivity index (χ3n) is 5.38. The molecule has 0 aromatic heterocycles. The molecule has 0 amide bonds.